The molecule has 1 atom stereocenters. The topological polar surface area (TPSA) is 54.3 Å². The quantitative estimate of drug-likeness (QED) is 0.896. The summed E-state index contributed by atoms with van der Waals surface area (Å²) in [5.74, 6) is 1.70. The highest BCUT2D eigenvalue weighted by atomic mass is 16.3. The lowest BCUT2D eigenvalue weighted by molar-refractivity contribution is 0.0962. The maximum Gasteiger partial charge on any atom is 0.251 e. The van der Waals surface area contributed by atoms with Crippen LogP contribution in [0.15, 0.2) is 34.7 Å². The monoisotopic (exact) mass is 272 g/mol. The van der Waals surface area contributed by atoms with Crippen molar-refractivity contribution in [2.45, 2.75) is 26.8 Å². The second kappa shape index (κ2) is 5.82. The lowest BCUT2D eigenvalue weighted by Crippen LogP contribution is -2.19. The fourth-order valence-corrected chi connectivity index (χ4v) is 2.16. The number of hydrogen-bond acceptors (Lipinski definition) is 3. The molecule has 0 radical (unpaired) electrons. The third kappa shape index (κ3) is 2.85. The van der Waals surface area contributed by atoms with E-state index in [4.69, 9.17) is 4.42 Å². The standard InChI is InChI=1S/C16H20N2O2/c1-10-8-9-15(20-10)12(3)18-14-7-5-6-13(11(14)2)16(19)17-4/h5-9,12,18H,1-4H3,(H,17,19). The zero-order chi connectivity index (χ0) is 14.7. The first-order chi connectivity index (χ1) is 9.52. The Morgan fingerprint density at radius 1 is 1.20 bits per heavy atom. The predicted octanol–water partition coefficient (Wildman–Crippen LogP) is 3.43. The Hall–Kier alpha value is -2.23. The van der Waals surface area contributed by atoms with E-state index in [2.05, 4.69) is 10.6 Å². The summed E-state index contributed by atoms with van der Waals surface area (Å²) < 4.78 is 5.61. The van der Waals surface area contributed by atoms with E-state index in [0.29, 0.717) is 5.56 Å². The molecule has 1 aromatic heterocycles. The van der Waals surface area contributed by atoms with E-state index in [0.717, 1.165) is 22.8 Å². The molecular weight excluding hydrogens is 252 g/mol. The van der Waals surface area contributed by atoms with Crippen LogP contribution in [0.2, 0.25) is 0 Å². The molecular formula is C16H20N2O2. The molecule has 106 valence electrons. The Morgan fingerprint density at radius 3 is 2.55 bits per heavy atom. The van der Waals surface area contributed by atoms with Crippen molar-refractivity contribution in [2.75, 3.05) is 12.4 Å². The van der Waals surface area contributed by atoms with E-state index in [1.807, 2.05) is 51.1 Å². The second-order valence-corrected chi connectivity index (χ2v) is 4.87. The molecule has 1 heterocycles. The van der Waals surface area contributed by atoms with E-state index < -0.39 is 0 Å². The number of anilines is 1. The van der Waals surface area contributed by atoms with Gasteiger partial charge in [-0.15, -0.1) is 0 Å². The zero-order valence-electron chi connectivity index (χ0n) is 12.3. The van der Waals surface area contributed by atoms with Crippen molar-refractivity contribution in [2.24, 2.45) is 0 Å². The van der Waals surface area contributed by atoms with Crippen LogP contribution in [-0.2, 0) is 0 Å². The van der Waals surface area contributed by atoms with Gasteiger partial charge < -0.3 is 15.1 Å². The summed E-state index contributed by atoms with van der Waals surface area (Å²) >= 11 is 0. The molecule has 0 aliphatic rings. The molecule has 2 rings (SSSR count). The number of benzene rings is 1. The third-order valence-corrected chi connectivity index (χ3v) is 3.37. The summed E-state index contributed by atoms with van der Waals surface area (Å²) in [5, 5.41) is 6.04. The van der Waals surface area contributed by atoms with E-state index in [9.17, 15) is 4.79 Å². The van der Waals surface area contributed by atoms with Gasteiger partial charge >= 0.3 is 0 Å². The molecule has 2 N–H and O–H groups in total. The number of hydrogen-bond donors (Lipinski definition) is 2. The first-order valence-corrected chi connectivity index (χ1v) is 6.67. The minimum atomic E-state index is -0.0763. The third-order valence-electron chi connectivity index (χ3n) is 3.37. The lowest BCUT2D eigenvalue weighted by atomic mass is 10.1. The summed E-state index contributed by atoms with van der Waals surface area (Å²) in [6, 6.07) is 9.61. The number of carbonyl (C=O) groups excluding carboxylic acids is 1. The van der Waals surface area contributed by atoms with Gasteiger partial charge in [0.05, 0.1) is 6.04 Å². The Balaban J connectivity index is 2.23. The number of amides is 1. The Morgan fingerprint density at radius 2 is 1.95 bits per heavy atom. The molecule has 0 aliphatic carbocycles. The number of aryl methyl sites for hydroxylation is 1. The van der Waals surface area contributed by atoms with Gasteiger partial charge in [-0.25, -0.2) is 0 Å². The number of furan rings is 1. The van der Waals surface area contributed by atoms with Crippen LogP contribution >= 0.6 is 0 Å². The van der Waals surface area contributed by atoms with Gasteiger partial charge in [-0.2, -0.15) is 0 Å². The predicted molar refractivity (Wildman–Crippen MR) is 80.1 cm³/mol. The van der Waals surface area contributed by atoms with E-state index in [1.54, 1.807) is 7.05 Å². The second-order valence-electron chi connectivity index (χ2n) is 4.87. The van der Waals surface area contributed by atoms with Crippen LogP contribution in [0.4, 0.5) is 5.69 Å². The van der Waals surface area contributed by atoms with E-state index >= 15 is 0 Å². The van der Waals surface area contributed by atoms with Gasteiger partial charge in [-0.1, -0.05) is 6.07 Å². The van der Waals surface area contributed by atoms with Crippen LogP contribution < -0.4 is 10.6 Å². The summed E-state index contributed by atoms with van der Waals surface area (Å²) in [6.07, 6.45) is 0. The molecule has 2 aromatic rings. The van der Waals surface area contributed by atoms with E-state index in [1.165, 1.54) is 0 Å². The smallest absolute Gasteiger partial charge is 0.251 e. The fraction of sp³-hybridized carbons (Fsp3) is 0.312. The molecule has 4 heteroatoms. The summed E-state index contributed by atoms with van der Waals surface area (Å²) in [6.45, 7) is 5.89. The number of rotatable bonds is 4. The summed E-state index contributed by atoms with van der Waals surface area (Å²) in [5.41, 5.74) is 2.55. The van der Waals surface area contributed by atoms with Crippen LogP contribution in [-0.4, -0.2) is 13.0 Å². The average molecular weight is 272 g/mol. The van der Waals surface area contributed by atoms with Crippen molar-refractivity contribution in [3.05, 3.63) is 53.0 Å². The molecule has 0 aliphatic heterocycles. The highest BCUT2D eigenvalue weighted by Gasteiger charge is 2.14. The van der Waals surface area contributed by atoms with Crippen molar-refractivity contribution >= 4 is 11.6 Å². The van der Waals surface area contributed by atoms with Crippen molar-refractivity contribution in [1.29, 1.82) is 0 Å². The molecule has 1 aromatic carbocycles. The van der Waals surface area contributed by atoms with Gasteiger partial charge in [-0.3, -0.25) is 4.79 Å². The van der Waals surface area contributed by atoms with Crippen molar-refractivity contribution in [1.82, 2.24) is 5.32 Å². The Labute approximate surface area is 119 Å². The lowest BCUT2D eigenvalue weighted by Gasteiger charge is -2.17. The van der Waals surface area contributed by atoms with Crippen LogP contribution in [0.3, 0.4) is 0 Å². The largest absolute Gasteiger partial charge is 0.464 e. The Bertz CT molecular complexity index is 617. The van der Waals surface area contributed by atoms with Crippen LogP contribution in [0, 0.1) is 13.8 Å². The Kier molecular flexibility index (Phi) is 4.13. The van der Waals surface area contributed by atoms with Crippen LogP contribution in [0.25, 0.3) is 0 Å². The highest BCUT2D eigenvalue weighted by molar-refractivity contribution is 5.96. The number of nitrogens with one attached hydrogen (secondary N) is 2. The molecule has 1 amide bonds. The van der Waals surface area contributed by atoms with Gasteiger partial charge in [-0.05, 0) is 50.6 Å². The van der Waals surface area contributed by atoms with Crippen molar-refractivity contribution in [3.8, 4) is 0 Å². The van der Waals surface area contributed by atoms with Crippen LogP contribution in [0.5, 0.6) is 0 Å². The zero-order valence-corrected chi connectivity index (χ0v) is 12.3. The number of carbonyl (C=O) groups is 1. The fourth-order valence-electron chi connectivity index (χ4n) is 2.16. The maximum absolute atomic E-state index is 11.8. The van der Waals surface area contributed by atoms with Crippen molar-refractivity contribution < 1.29 is 9.21 Å². The molecule has 0 spiro atoms. The molecule has 0 saturated heterocycles. The first kappa shape index (κ1) is 14.2. The SMILES string of the molecule is CNC(=O)c1cccc(NC(C)c2ccc(C)o2)c1C. The van der Waals surface area contributed by atoms with Gasteiger partial charge in [0.2, 0.25) is 0 Å². The highest BCUT2D eigenvalue weighted by Crippen LogP contribution is 2.25. The van der Waals surface area contributed by atoms with Gasteiger partial charge in [0, 0.05) is 18.3 Å². The van der Waals surface area contributed by atoms with Gasteiger partial charge in [0.25, 0.3) is 5.91 Å². The van der Waals surface area contributed by atoms with Gasteiger partial charge in [0.15, 0.2) is 0 Å². The summed E-state index contributed by atoms with van der Waals surface area (Å²) in [4.78, 5) is 11.8. The molecule has 0 fully saturated rings. The first-order valence-electron chi connectivity index (χ1n) is 6.67. The molecule has 1 unspecified atom stereocenters. The minimum Gasteiger partial charge on any atom is -0.464 e. The van der Waals surface area contributed by atoms with Gasteiger partial charge in [0.1, 0.15) is 11.5 Å². The summed E-state index contributed by atoms with van der Waals surface area (Å²) in [7, 11) is 1.64. The average Bonchev–Trinajstić information content (AvgIpc) is 2.87. The van der Waals surface area contributed by atoms with Crippen molar-refractivity contribution in [3.63, 3.8) is 0 Å². The maximum atomic E-state index is 11.8. The molecule has 0 bridgehead atoms. The molecule has 4 nitrogen and oxygen atoms in total. The minimum absolute atomic E-state index is 0.0438. The van der Waals surface area contributed by atoms with Crippen LogP contribution in [0.1, 0.15) is 40.4 Å². The van der Waals surface area contributed by atoms with E-state index in [-0.39, 0.29) is 11.9 Å². The molecule has 0 saturated carbocycles. The normalized spacial score (nSPS) is 12.0. The molecule has 20 heavy (non-hydrogen) atoms.